The zero-order chi connectivity index (χ0) is 18.1. The van der Waals surface area contributed by atoms with Crippen LogP contribution < -0.4 is 4.74 Å². The molecule has 1 heterocycles. The fourth-order valence-corrected chi connectivity index (χ4v) is 2.44. The monoisotopic (exact) mass is 345 g/mol. The Morgan fingerprint density at radius 3 is 2.56 bits per heavy atom. The number of carbonyl (C=O) groups excluding carboxylic acids is 1. The van der Waals surface area contributed by atoms with Crippen LogP contribution in [0.5, 0.6) is 6.01 Å². The lowest BCUT2D eigenvalue weighted by molar-refractivity contribution is 0.0881. The highest BCUT2D eigenvalue weighted by atomic mass is 16.5. The summed E-state index contributed by atoms with van der Waals surface area (Å²) < 4.78 is 11.8. The van der Waals surface area contributed by atoms with E-state index in [0.29, 0.717) is 25.5 Å². The number of unbranched alkanes of at least 4 members (excludes halogenated alkanes) is 3. The Morgan fingerprint density at radius 1 is 1.12 bits per heavy atom. The van der Waals surface area contributed by atoms with Gasteiger partial charge in [-0.1, -0.05) is 56.0 Å². The Hall–Kier alpha value is -2.21. The van der Waals surface area contributed by atoms with Gasteiger partial charge in [-0.15, -0.1) is 5.10 Å². The second kappa shape index (κ2) is 9.93. The van der Waals surface area contributed by atoms with Gasteiger partial charge in [0.2, 0.25) is 5.91 Å². The molecule has 2 rings (SSSR count). The van der Waals surface area contributed by atoms with Gasteiger partial charge in [0.1, 0.15) is 6.61 Å². The highest BCUT2D eigenvalue weighted by molar-refractivity contribution is 5.82. The van der Waals surface area contributed by atoms with Gasteiger partial charge < -0.3 is 9.47 Å². The van der Waals surface area contributed by atoms with Gasteiger partial charge in [0.25, 0.3) is 0 Å². The number of benzene rings is 1. The minimum absolute atomic E-state index is 0.0548. The molecule has 25 heavy (non-hydrogen) atoms. The van der Waals surface area contributed by atoms with E-state index in [2.05, 4.69) is 17.0 Å². The van der Waals surface area contributed by atoms with E-state index >= 15 is 0 Å². The Bertz CT molecular complexity index is 665. The minimum Gasteiger partial charge on any atom is -0.460 e. The predicted octanol–water partition coefficient (Wildman–Crippen LogP) is 3.89. The maximum atomic E-state index is 12.6. The van der Waals surface area contributed by atoms with Crippen molar-refractivity contribution >= 4 is 5.91 Å². The van der Waals surface area contributed by atoms with E-state index in [-0.39, 0.29) is 11.9 Å². The first-order chi connectivity index (χ1) is 12.2. The third-order valence-electron chi connectivity index (χ3n) is 3.90. The number of hydrogen-bond acceptors (Lipinski definition) is 5. The second-order valence-corrected chi connectivity index (χ2v) is 6.04. The molecule has 0 aliphatic heterocycles. The lowest BCUT2D eigenvalue weighted by Gasteiger charge is -2.05. The van der Waals surface area contributed by atoms with Crippen molar-refractivity contribution in [2.45, 2.75) is 46.0 Å². The molecule has 0 radical (unpaired) electrons. The summed E-state index contributed by atoms with van der Waals surface area (Å²) >= 11 is 0. The van der Waals surface area contributed by atoms with E-state index < -0.39 is 0 Å². The normalized spacial score (nSPS) is 10.8. The van der Waals surface area contributed by atoms with Crippen LogP contribution in [0.3, 0.4) is 0 Å². The van der Waals surface area contributed by atoms with Crippen molar-refractivity contribution in [3.05, 3.63) is 29.8 Å². The van der Waals surface area contributed by atoms with Crippen LogP contribution in [0.15, 0.2) is 24.3 Å². The van der Waals surface area contributed by atoms with Gasteiger partial charge in [0.15, 0.2) is 5.82 Å². The average Bonchev–Trinajstić information content (AvgIpc) is 3.04. The summed E-state index contributed by atoms with van der Waals surface area (Å²) in [5, 5.41) is 4.26. The number of nitrogens with zero attached hydrogens (tertiary/aromatic N) is 3. The Balaban J connectivity index is 2.19. The highest BCUT2D eigenvalue weighted by Crippen LogP contribution is 2.21. The van der Waals surface area contributed by atoms with Gasteiger partial charge in [0, 0.05) is 19.1 Å². The van der Waals surface area contributed by atoms with Crippen molar-refractivity contribution in [2.75, 3.05) is 20.3 Å². The van der Waals surface area contributed by atoms with E-state index in [1.807, 2.05) is 31.2 Å². The fraction of sp³-hybridized carbons (Fsp3) is 0.526. The van der Waals surface area contributed by atoms with Crippen molar-refractivity contribution in [1.82, 2.24) is 14.8 Å². The first kappa shape index (κ1) is 19.1. The van der Waals surface area contributed by atoms with Crippen LogP contribution in [0.25, 0.3) is 11.4 Å². The molecule has 0 saturated heterocycles. The van der Waals surface area contributed by atoms with E-state index in [4.69, 9.17) is 9.47 Å². The molecule has 6 heteroatoms. The molecule has 0 unspecified atom stereocenters. The number of aryl methyl sites for hydroxylation is 1. The summed E-state index contributed by atoms with van der Waals surface area (Å²) in [5.74, 6) is 0.466. The zero-order valence-corrected chi connectivity index (χ0v) is 15.3. The quantitative estimate of drug-likeness (QED) is 0.611. The summed E-state index contributed by atoms with van der Waals surface area (Å²) in [4.78, 5) is 17.0. The molecule has 1 aromatic carbocycles. The summed E-state index contributed by atoms with van der Waals surface area (Å²) in [5.41, 5.74) is 2.00. The number of aromatic nitrogens is 3. The van der Waals surface area contributed by atoms with Crippen LogP contribution in [0, 0.1) is 6.92 Å². The zero-order valence-electron chi connectivity index (χ0n) is 15.3. The average molecular weight is 345 g/mol. The summed E-state index contributed by atoms with van der Waals surface area (Å²) in [6.45, 7) is 4.96. The third-order valence-corrected chi connectivity index (χ3v) is 3.90. The largest absolute Gasteiger partial charge is 0.460 e. The molecule has 0 atom stereocenters. The summed E-state index contributed by atoms with van der Waals surface area (Å²) in [6.07, 6.45) is 4.65. The highest BCUT2D eigenvalue weighted by Gasteiger charge is 2.18. The van der Waals surface area contributed by atoms with E-state index in [1.54, 1.807) is 7.11 Å². The molecule has 0 bridgehead atoms. The standard InChI is InChI=1S/C19H27N3O3/c1-4-5-6-7-8-17(23)22-18(16-11-9-15(2)10-12-16)20-19(21-22)25-14-13-24-3/h9-12H,4-8,13-14H2,1-3H3. The molecule has 0 aliphatic carbocycles. The van der Waals surface area contributed by atoms with Crippen LogP contribution in [-0.4, -0.2) is 41.0 Å². The van der Waals surface area contributed by atoms with Crippen molar-refractivity contribution in [1.29, 1.82) is 0 Å². The van der Waals surface area contributed by atoms with Gasteiger partial charge in [-0.25, -0.2) is 0 Å². The summed E-state index contributed by atoms with van der Waals surface area (Å²) in [6, 6.07) is 8.07. The van der Waals surface area contributed by atoms with Crippen molar-refractivity contribution in [2.24, 2.45) is 0 Å². The van der Waals surface area contributed by atoms with Crippen molar-refractivity contribution in [3.8, 4) is 17.4 Å². The number of hydrogen-bond donors (Lipinski definition) is 0. The van der Waals surface area contributed by atoms with Gasteiger partial charge in [-0.2, -0.15) is 9.67 Å². The molecule has 2 aromatic rings. The van der Waals surface area contributed by atoms with E-state index in [1.165, 1.54) is 4.68 Å². The van der Waals surface area contributed by atoms with Crippen LogP contribution in [0.1, 0.15) is 49.4 Å². The molecule has 6 nitrogen and oxygen atoms in total. The van der Waals surface area contributed by atoms with Crippen LogP contribution in [-0.2, 0) is 4.74 Å². The van der Waals surface area contributed by atoms with Crippen molar-refractivity contribution in [3.63, 3.8) is 0 Å². The lowest BCUT2D eigenvalue weighted by atomic mass is 10.1. The van der Waals surface area contributed by atoms with Crippen molar-refractivity contribution < 1.29 is 14.3 Å². The van der Waals surface area contributed by atoms with Crippen LogP contribution in [0.2, 0.25) is 0 Å². The molecule has 0 spiro atoms. The first-order valence-electron chi connectivity index (χ1n) is 8.84. The molecule has 0 amide bonds. The number of ether oxygens (including phenoxy) is 2. The van der Waals surface area contributed by atoms with Gasteiger partial charge in [0.05, 0.1) is 6.61 Å². The molecular weight excluding hydrogens is 318 g/mol. The molecule has 1 aromatic heterocycles. The third kappa shape index (κ3) is 5.67. The Labute approximate surface area is 149 Å². The Morgan fingerprint density at radius 2 is 1.88 bits per heavy atom. The van der Waals surface area contributed by atoms with E-state index in [0.717, 1.165) is 36.8 Å². The number of methoxy groups -OCH3 is 1. The lowest BCUT2D eigenvalue weighted by Crippen LogP contribution is -2.14. The maximum Gasteiger partial charge on any atom is 0.336 e. The topological polar surface area (TPSA) is 66.2 Å². The molecule has 0 N–H and O–H groups in total. The molecular formula is C19H27N3O3. The SMILES string of the molecule is CCCCCCC(=O)n1nc(OCCOC)nc1-c1ccc(C)cc1. The number of carbonyl (C=O) groups is 1. The van der Waals surface area contributed by atoms with Crippen LogP contribution >= 0.6 is 0 Å². The van der Waals surface area contributed by atoms with Gasteiger partial charge >= 0.3 is 6.01 Å². The smallest absolute Gasteiger partial charge is 0.336 e. The molecule has 136 valence electrons. The fourth-order valence-electron chi connectivity index (χ4n) is 2.44. The molecule has 0 fully saturated rings. The number of rotatable bonds is 10. The predicted molar refractivity (Wildman–Crippen MR) is 97.0 cm³/mol. The van der Waals surface area contributed by atoms with Crippen LogP contribution in [0.4, 0.5) is 0 Å². The van der Waals surface area contributed by atoms with E-state index in [9.17, 15) is 4.79 Å². The minimum atomic E-state index is -0.0548. The molecule has 0 saturated carbocycles. The molecule has 0 aliphatic rings. The Kier molecular flexibility index (Phi) is 7.60. The summed E-state index contributed by atoms with van der Waals surface area (Å²) in [7, 11) is 1.60. The van der Waals surface area contributed by atoms with Gasteiger partial charge in [-0.3, -0.25) is 4.79 Å². The maximum absolute atomic E-state index is 12.6. The van der Waals surface area contributed by atoms with Gasteiger partial charge in [-0.05, 0) is 13.3 Å². The second-order valence-electron chi connectivity index (χ2n) is 6.04. The first-order valence-corrected chi connectivity index (χ1v) is 8.84.